The minimum Gasteiger partial charge on any atom is -0.300 e. The van der Waals surface area contributed by atoms with Crippen LogP contribution in [0, 0.1) is 6.92 Å². The predicted molar refractivity (Wildman–Crippen MR) is 98.0 cm³/mol. The quantitative estimate of drug-likeness (QED) is 0.922. The number of aryl methyl sites for hydroxylation is 1. The molecule has 0 saturated carbocycles. The molecule has 2 aliphatic heterocycles. The smallest absolute Gasteiger partial charge is 0.0923 e. The van der Waals surface area contributed by atoms with Gasteiger partial charge in [-0.25, -0.2) is 0 Å². The monoisotopic (exact) mass is 327 g/mol. The van der Waals surface area contributed by atoms with E-state index in [4.69, 9.17) is 0 Å². The Morgan fingerprint density at radius 1 is 1.13 bits per heavy atom. The average molecular weight is 327 g/mol. The number of aromatic nitrogens is 2. The Morgan fingerprint density at radius 2 is 1.91 bits per heavy atom. The van der Waals surface area contributed by atoms with E-state index in [0.29, 0.717) is 5.92 Å². The number of hydrogen-bond donors (Lipinski definition) is 1. The van der Waals surface area contributed by atoms with Crippen molar-refractivity contribution in [1.82, 2.24) is 15.1 Å². The van der Waals surface area contributed by atoms with E-state index in [1.807, 2.05) is 0 Å². The molecule has 1 aromatic heterocycles. The second kappa shape index (κ2) is 6.70. The van der Waals surface area contributed by atoms with Crippen LogP contribution in [0.25, 0.3) is 11.3 Å². The summed E-state index contributed by atoms with van der Waals surface area (Å²) in [6, 6.07) is 11.7. The zero-order valence-electron chi connectivity index (χ0n) is 13.8. The van der Waals surface area contributed by atoms with Crippen molar-refractivity contribution in [3.05, 3.63) is 41.6 Å². The Bertz CT molecular complexity index is 643. The van der Waals surface area contributed by atoms with Crippen molar-refractivity contribution in [1.29, 1.82) is 0 Å². The number of aromatic amines is 1. The Hall–Kier alpha value is -1.26. The Kier molecular flexibility index (Phi) is 4.45. The summed E-state index contributed by atoms with van der Waals surface area (Å²) in [5.41, 5.74) is 4.89. The number of thioether (sulfide) groups is 1. The van der Waals surface area contributed by atoms with Crippen LogP contribution < -0.4 is 0 Å². The van der Waals surface area contributed by atoms with Crippen LogP contribution in [0.3, 0.4) is 0 Å². The summed E-state index contributed by atoms with van der Waals surface area (Å²) >= 11 is 2.11. The molecule has 0 radical (unpaired) electrons. The molecule has 2 fully saturated rings. The molecule has 23 heavy (non-hydrogen) atoms. The number of likely N-dealkylation sites (tertiary alicyclic amines) is 1. The summed E-state index contributed by atoms with van der Waals surface area (Å²) in [6.45, 7) is 4.57. The molecule has 3 heterocycles. The zero-order valence-corrected chi connectivity index (χ0v) is 14.6. The van der Waals surface area contributed by atoms with Gasteiger partial charge in [-0.15, -0.1) is 0 Å². The number of benzene rings is 1. The first kappa shape index (κ1) is 15.3. The molecule has 2 aromatic rings. The van der Waals surface area contributed by atoms with E-state index < -0.39 is 0 Å². The third kappa shape index (κ3) is 3.33. The van der Waals surface area contributed by atoms with Crippen molar-refractivity contribution in [2.24, 2.45) is 0 Å². The summed E-state index contributed by atoms with van der Waals surface area (Å²) in [5, 5.41) is 7.85. The highest BCUT2D eigenvalue weighted by Gasteiger charge is 2.30. The van der Waals surface area contributed by atoms with E-state index >= 15 is 0 Å². The van der Waals surface area contributed by atoms with Crippen LogP contribution >= 0.6 is 11.8 Å². The van der Waals surface area contributed by atoms with Crippen LogP contribution in [0.5, 0.6) is 0 Å². The standard InChI is InChI=1S/C19H25N3S/c1-14-2-4-15(5-3-14)18-12-19(21-20-18)16-6-9-22(13-16)17-7-10-23-11-8-17/h2-5,12,16-17H,6-11,13H2,1H3,(H,20,21)/t16-/m0/s1. The first-order valence-corrected chi connectivity index (χ1v) is 9.89. The van der Waals surface area contributed by atoms with Gasteiger partial charge in [-0.3, -0.25) is 10.00 Å². The second-order valence-electron chi connectivity index (χ2n) is 6.90. The summed E-state index contributed by atoms with van der Waals surface area (Å²) in [4.78, 5) is 2.72. The predicted octanol–water partition coefficient (Wildman–Crippen LogP) is 4.07. The van der Waals surface area contributed by atoms with Crippen LogP contribution in [-0.2, 0) is 0 Å². The molecule has 1 atom stereocenters. The molecule has 0 bridgehead atoms. The fraction of sp³-hybridized carbons (Fsp3) is 0.526. The van der Waals surface area contributed by atoms with E-state index in [0.717, 1.165) is 11.7 Å². The molecule has 3 nitrogen and oxygen atoms in total. The molecule has 122 valence electrons. The number of nitrogens with one attached hydrogen (secondary N) is 1. The normalized spacial score (nSPS) is 23.4. The molecule has 0 unspecified atom stereocenters. The molecule has 2 saturated heterocycles. The van der Waals surface area contributed by atoms with Crippen LogP contribution in [0.4, 0.5) is 0 Å². The molecular weight excluding hydrogens is 302 g/mol. The van der Waals surface area contributed by atoms with Crippen LogP contribution in [0.2, 0.25) is 0 Å². The third-order valence-corrected chi connectivity index (χ3v) is 6.36. The molecule has 0 aliphatic carbocycles. The zero-order chi connectivity index (χ0) is 15.6. The molecule has 0 spiro atoms. The van der Waals surface area contributed by atoms with Gasteiger partial charge in [0.1, 0.15) is 0 Å². The number of nitrogens with zero attached hydrogens (tertiary/aromatic N) is 2. The van der Waals surface area contributed by atoms with E-state index in [2.05, 4.69) is 64.1 Å². The van der Waals surface area contributed by atoms with Gasteiger partial charge in [0.2, 0.25) is 0 Å². The van der Waals surface area contributed by atoms with E-state index in [9.17, 15) is 0 Å². The van der Waals surface area contributed by atoms with Gasteiger partial charge in [0.15, 0.2) is 0 Å². The number of rotatable bonds is 3. The number of hydrogen-bond acceptors (Lipinski definition) is 3. The first-order chi connectivity index (χ1) is 11.3. The maximum Gasteiger partial charge on any atom is 0.0923 e. The molecule has 2 aliphatic rings. The Balaban J connectivity index is 1.44. The topological polar surface area (TPSA) is 31.9 Å². The molecule has 4 heteroatoms. The van der Waals surface area contributed by atoms with Gasteiger partial charge in [0.05, 0.1) is 5.69 Å². The minimum atomic E-state index is 0.622. The molecule has 0 amide bonds. The fourth-order valence-corrected chi connectivity index (χ4v) is 4.92. The van der Waals surface area contributed by atoms with Crippen LogP contribution in [0.1, 0.15) is 36.4 Å². The average Bonchev–Trinajstić information content (AvgIpc) is 3.26. The van der Waals surface area contributed by atoms with Gasteiger partial charge in [-0.1, -0.05) is 29.8 Å². The second-order valence-corrected chi connectivity index (χ2v) is 8.12. The van der Waals surface area contributed by atoms with Crippen molar-refractivity contribution in [3.63, 3.8) is 0 Å². The summed E-state index contributed by atoms with van der Waals surface area (Å²) in [5.74, 6) is 3.30. The lowest BCUT2D eigenvalue weighted by molar-refractivity contribution is 0.226. The van der Waals surface area contributed by atoms with Crippen molar-refractivity contribution in [2.75, 3.05) is 24.6 Å². The lowest BCUT2D eigenvalue weighted by Crippen LogP contribution is -2.36. The Labute approximate surface area is 142 Å². The molecule has 4 rings (SSSR count). The van der Waals surface area contributed by atoms with Crippen molar-refractivity contribution >= 4 is 11.8 Å². The largest absolute Gasteiger partial charge is 0.300 e. The first-order valence-electron chi connectivity index (χ1n) is 8.74. The van der Waals surface area contributed by atoms with E-state index in [-0.39, 0.29) is 0 Å². The SMILES string of the molecule is Cc1ccc(-c2cc([C@H]3CCN(C4CCSCC4)C3)[nH]n2)cc1. The van der Waals surface area contributed by atoms with Gasteiger partial charge >= 0.3 is 0 Å². The summed E-state index contributed by atoms with van der Waals surface area (Å²) < 4.78 is 0. The van der Waals surface area contributed by atoms with Crippen LogP contribution in [0.15, 0.2) is 30.3 Å². The van der Waals surface area contributed by atoms with E-state index in [1.165, 1.54) is 60.7 Å². The summed E-state index contributed by atoms with van der Waals surface area (Å²) in [6.07, 6.45) is 4.00. The number of H-pyrrole nitrogens is 1. The summed E-state index contributed by atoms with van der Waals surface area (Å²) in [7, 11) is 0. The highest BCUT2D eigenvalue weighted by molar-refractivity contribution is 7.99. The Morgan fingerprint density at radius 3 is 2.70 bits per heavy atom. The van der Waals surface area contributed by atoms with Crippen LogP contribution in [-0.4, -0.2) is 45.7 Å². The van der Waals surface area contributed by atoms with Gasteiger partial charge in [0.25, 0.3) is 0 Å². The fourth-order valence-electron chi connectivity index (χ4n) is 3.84. The highest BCUT2D eigenvalue weighted by Crippen LogP contribution is 2.32. The molecule has 1 N–H and O–H groups in total. The van der Waals surface area contributed by atoms with Crippen molar-refractivity contribution in [3.8, 4) is 11.3 Å². The maximum absolute atomic E-state index is 4.55. The molecular formula is C19H25N3S. The maximum atomic E-state index is 4.55. The lowest BCUT2D eigenvalue weighted by Gasteiger charge is -2.30. The van der Waals surface area contributed by atoms with Crippen molar-refractivity contribution in [2.45, 2.75) is 38.1 Å². The van der Waals surface area contributed by atoms with Gasteiger partial charge in [-0.2, -0.15) is 16.9 Å². The van der Waals surface area contributed by atoms with E-state index in [1.54, 1.807) is 0 Å². The lowest BCUT2D eigenvalue weighted by atomic mass is 10.0. The highest BCUT2D eigenvalue weighted by atomic mass is 32.2. The minimum absolute atomic E-state index is 0.622. The van der Waals surface area contributed by atoms with Crippen molar-refractivity contribution < 1.29 is 0 Å². The molecule has 1 aromatic carbocycles. The van der Waals surface area contributed by atoms with Gasteiger partial charge < -0.3 is 0 Å². The third-order valence-electron chi connectivity index (χ3n) is 5.31. The van der Waals surface area contributed by atoms with Gasteiger partial charge in [0, 0.05) is 29.8 Å². The van der Waals surface area contributed by atoms with Gasteiger partial charge in [-0.05, 0) is 50.3 Å².